The largest absolute Gasteiger partial charge is 0.493 e. The van der Waals surface area contributed by atoms with E-state index in [9.17, 15) is 4.79 Å². The Morgan fingerprint density at radius 3 is 2.67 bits per heavy atom. The van der Waals surface area contributed by atoms with E-state index in [-0.39, 0.29) is 6.09 Å². The van der Waals surface area contributed by atoms with E-state index in [1.165, 1.54) is 0 Å². The van der Waals surface area contributed by atoms with E-state index in [0.717, 1.165) is 31.7 Å². The Balaban J connectivity index is 1.82. The van der Waals surface area contributed by atoms with E-state index in [4.69, 9.17) is 15.2 Å². The number of aromatic nitrogens is 1. The molecule has 7 nitrogen and oxygen atoms in total. The molecule has 24 heavy (non-hydrogen) atoms. The lowest BCUT2D eigenvalue weighted by atomic mass is 9.97. The van der Waals surface area contributed by atoms with Crippen molar-refractivity contribution in [2.45, 2.75) is 39.2 Å². The Kier molecular flexibility index (Phi) is 5.75. The molecule has 1 aromatic rings. The highest BCUT2D eigenvalue weighted by Crippen LogP contribution is 2.30. The number of anilines is 2. The number of carbonyl (C=O) groups is 1. The van der Waals surface area contributed by atoms with Crippen molar-refractivity contribution in [1.82, 2.24) is 10.3 Å². The highest BCUT2D eigenvalue weighted by Gasteiger charge is 2.24. The number of ether oxygens (including phenoxy) is 2. The minimum atomic E-state index is -0.467. The fourth-order valence-electron chi connectivity index (χ4n) is 2.73. The molecule has 0 radical (unpaired) electrons. The van der Waals surface area contributed by atoms with Crippen LogP contribution in [-0.2, 0) is 4.74 Å². The van der Waals surface area contributed by atoms with Gasteiger partial charge in [-0.1, -0.05) is 0 Å². The predicted molar refractivity (Wildman–Crippen MR) is 94.4 cm³/mol. The van der Waals surface area contributed by atoms with Gasteiger partial charge in [0.25, 0.3) is 0 Å². The van der Waals surface area contributed by atoms with Crippen LogP contribution in [0.2, 0.25) is 0 Å². The molecule has 7 heteroatoms. The SMILES string of the molecule is COc1cc(N)cnc1N1CCC(CNC(=O)OC(C)(C)C)CC1. The zero-order chi connectivity index (χ0) is 17.7. The Bertz CT molecular complexity index is 563. The number of nitrogens with one attached hydrogen (secondary N) is 1. The van der Waals surface area contributed by atoms with E-state index in [1.54, 1.807) is 19.4 Å². The van der Waals surface area contributed by atoms with Crippen molar-refractivity contribution in [3.05, 3.63) is 12.3 Å². The highest BCUT2D eigenvalue weighted by atomic mass is 16.6. The van der Waals surface area contributed by atoms with Gasteiger partial charge in [0.05, 0.1) is 19.0 Å². The molecular weight excluding hydrogens is 308 g/mol. The topological polar surface area (TPSA) is 89.7 Å². The Hall–Kier alpha value is -2.18. The second-order valence-electron chi connectivity index (χ2n) is 7.11. The number of methoxy groups -OCH3 is 1. The molecule has 1 saturated heterocycles. The number of piperidine rings is 1. The molecule has 0 saturated carbocycles. The van der Waals surface area contributed by atoms with Gasteiger partial charge >= 0.3 is 6.09 Å². The molecule has 2 heterocycles. The number of rotatable bonds is 4. The molecule has 0 aliphatic carbocycles. The molecule has 1 aromatic heterocycles. The summed E-state index contributed by atoms with van der Waals surface area (Å²) in [5.74, 6) is 1.96. The van der Waals surface area contributed by atoms with Crippen molar-refractivity contribution in [2.75, 3.05) is 37.4 Å². The molecule has 1 fully saturated rings. The number of pyridine rings is 1. The van der Waals surface area contributed by atoms with Crippen molar-refractivity contribution in [1.29, 1.82) is 0 Å². The number of amides is 1. The van der Waals surface area contributed by atoms with Crippen LogP contribution in [0.15, 0.2) is 12.3 Å². The molecule has 1 aliphatic heterocycles. The van der Waals surface area contributed by atoms with Gasteiger partial charge in [-0.05, 0) is 39.5 Å². The molecule has 0 bridgehead atoms. The molecule has 3 N–H and O–H groups in total. The van der Waals surface area contributed by atoms with Gasteiger partial charge in [-0.2, -0.15) is 0 Å². The lowest BCUT2D eigenvalue weighted by molar-refractivity contribution is 0.0517. The third-order valence-electron chi connectivity index (χ3n) is 3.92. The summed E-state index contributed by atoms with van der Waals surface area (Å²) < 4.78 is 10.6. The quantitative estimate of drug-likeness (QED) is 0.877. The van der Waals surface area contributed by atoms with E-state index in [2.05, 4.69) is 15.2 Å². The summed E-state index contributed by atoms with van der Waals surface area (Å²) in [7, 11) is 1.62. The fraction of sp³-hybridized carbons (Fsp3) is 0.647. The van der Waals surface area contributed by atoms with Gasteiger partial charge in [-0.3, -0.25) is 0 Å². The Morgan fingerprint density at radius 2 is 2.08 bits per heavy atom. The zero-order valence-electron chi connectivity index (χ0n) is 15.0. The van der Waals surface area contributed by atoms with Gasteiger partial charge in [0.15, 0.2) is 11.6 Å². The first kappa shape index (κ1) is 18.2. The number of hydrogen-bond donors (Lipinski definition) is 2. The first-order valence-electron chi connectivity index (χ1n) is 8.30. The minimum Gasteiger partial charge on any atom is -0.493 e. The van der Waals surface area contributed by atoms with Gasteiger partial charge in [-0.25, -0.2) is 9.78 Å². The molecule has 0 unspecified atom stereocenters. The summed E-state index contributed by atoms with van der Waals surface area (Å²) in [4.78, 5) is 18.3. The molecule has 2 rings (SSSR count). The van der Waals surface area contributed by atoms with Crippen LogP contribution in [-0.4, -0.2) is 43.4 Å². The maximum absolute atomic E-state index is 11.7. The van der Waals surface area contributed by atoms with Crippen molar-refractivity contribution < 1.29 is 14.3 Å². The molecule has 1 aliphatic rings. The van der Waals surface area contributed by atoms with Crippen LogP contribution < -0.4 is 20.7 Å². The Labute approximate surface area is 143 Å². The van der Waals surface area contributed by atoms with E-state index in [0.29, 0.717) is 23.9 Å². The third kappa shape index (κ3) is 5.18. The first-order valence-corrected chi connectivity index (χ1v) is 8.30. The molecule has 0 atom stereocenters. The fourth-order valence-corrected chi connectivity index (χ4v) is 2.73. The van der Waals surface area contributed by atoms with Crippen molar-refractivity contribution in [2.24, 2.45) is 5.92 Å². The lowest BCUT2D eigenvalue weighted by Gasteiger charge is -2.33. The summed E-state index contributed by atoms with van der Waals surface area (Å²) in [6, 6.07) is 1.79. The van der Waals surface area contributed by atoms with Gasteiger partial charge in [0.2, 0.25) is 0 Å². The number of nitrogen functional groups attached to an aromatic ring is 1. The van der Waals surface area contributed by atoms with Gasteiger partial charge in [0.1, 0.15) is 5.60 Å². The predicted octanol–water partition coefficient (Wildman–Crippen LogP) is 2.41. The number of nitrogens with zero attached hydrogens (tertiary/aromatic N) is 2. The standard InChI is InChI=1S/C17H28N4O3/c1-17(2,3)24-16(22)20-10-12-5-7-21(8-6-12)15-14(23-4)9-13(18)11-19-15/h9,11-12H,5-8,10,18H2,1-4H3,(H,20,22). The number of alkyl carbamates (subject to hydrolysis) is 1. The smallest absolute Gasteiger partial charge is 0.407 e. The zero-order valence-corrected chi connectivity index (χ0v) is 15.0. The monoisotopic (exact) mass is 336 g/mol. The summed E-state index contributed by atoms with van der Waals surface area (Å²) in [6.45, 7) is 7.95. The van der Waals surface area contributed by atoms with Crippen LogP contribution in [0, 0.1) is 5.92 Å². The van der Waals surface area contributed by atoms with E-state index >= 15 is 0 Å². The van der Waals surface area contributed by atoms with Crippen LogP contribution in [0.1, 0.15) is 33.6 Å². The van der Waals surface area contributed by atoms with Crippen molar-refractivity contribution in [3.63, 3.8) is 0 Å². The van der Waals surface area contributed by atoms with Gasteiger partial charge < -0.3 is 25.4 Å². The molecule has 134 valence electrons. The summed E-state index contributed by atoms with van der Waals surface area (Å²) >= 11 is 0. The Morgan fingerprint density at radius 1 is 1.42 bits per heavy atom. The van der Waals surface area contributed by atoms with Crippen molar-refractivity contribution >= 4 is 17.6 Å². The maximum Gasteiger partial charge on any atom is 0.407 e. The average Bonchev–Trinajstić information content (AvgIpc) is 2.52. The molecular formula is C17H28N4O3. The summed E-state index contributed by atoms with van der Waals surface area (Å²) in [5.41, 5.74) is 5.88. The summed E-state index contributed by atoms with van der Waals surface area (Å²) in [5, 5.41) is 2.86. The first-order chi connectivity index (χ1) is 11.3. The molecule has 1 amide bonds. The maximum atomic E-state index is 11.7. The van der Waals surface area contributed by atoms with Gasteiger partial charge in [0, 0.05) is 25.7 Å². The molecule has 0 aromatic carbocycles. The average molecular weight is 336 g/mol. The van der Waals surface area contributed by atoms with Gasteiger partial charge in [-0.15, -0.1) is 0 Å². The highest BCUT2D eigenvalue weighted by molar-refractivity contribution is 5.67. The van der Waals surface area contributed by atoms with E-state index in [1.807, 2.05) is 20.8 Å². The summed E-state index contributed by atoms with van der Waals surface area (Å²) in [6.07, 6.45) is 3.25. The number of carbonyl (C=O) groups excluding carboxylic acids is 1. The second kappa shape index (κ2) is 7.59. The normalized spacial score (nSPS) is 15.9. The van der Waals surface area contributed by atoms with Crippen molar-refractivity contribution in [3.8, 4) is 5.75 Å². The van der Waals surface area contributed by atoms with Crippen LogP contribution in [0.5, 0.6) is 5.75 Å². The molecule has 0 spiro atoms. The third-order valence-corrected chi connectivity index (χ3v) is 3.92. The number of nitrogens with two attached hydrogens (primary N) is 1. The van der Waals surface area contributed by atoms with E-state index < -0.39 is 5.60 Å². The second-order valence-corrected chi connectivity index (χ2v) is 7.11. The minimum absolute atomic E-state index is 0.355. The van der Waals surface area contributed by atoms with Crippen LogP contribution in [0.25, 0.3) is 0 Å². The number of hydrogen-bond acceptors (Lipinski definition) is 6. The van der Waals surface area contributed by atoms with Crippen LogP contribution >= 0.6 is 0 Å². The van der Waals surface area contributed by atoms with Crippen LogP contribution in [0.3, 0.4) is 0 Å². The van der Waals surface area contributed by atoms with Crippen LogP contribution in [0.4, 0.5) is 16.3 Å². The lowest BCUT2D eigenvalue weighted by Crippen LogP contribution is -2.40.